The summed E-state index contributed by atoms with van der Waals surface area (Å²) in [4.78, 5) is 13.9. The van der Waals surface area contributed by atoms with Crippen molar-refractivity contribution in [1.82, 2.24) is 4.90 Å². The van der Waals surface area contributed by atoms with Gasteiger partial charge < -0.3 is 14.7 Å². The predicted octanol–water partition coefficient (Wildman–Crippen LogP) is 1.83. The lowest BCUT2D eigenvalue weighted by molar-refractivity contribution is -0.140. The minimum Gasteiger partial charge on any atom is -0.376 e. The molecule has 4 nitrogen and oxygen atoms in total. The van der Waals surface area contributed by atoms with E-state index in [2.05, 4.69) is 11.8 Å². The average Bonchev–Trinajstić information content (AvgIpc) is 3.15. The number of aliphatic hydroxyl groups is 1. The quantitative estimate of drug-likeness (QED) is 0.804. The molecule has 1 aromatic rings. The van der Waals surface area contributed by atoms with Gasteiger partial charge in [-0.05, 0) is 31.0 Å². The van der Waals surface area contributed by atoms with Crippen LogP contribution >= 0.6 is 11.6 Å². The molecule has 116 valence electrons. The van der Waals surface area contributed by atoms with Crippen LogP contribution in [0.5, 0.6) is 0 Å². The smallest absolute Gasteiger partial charge is 0.251 e. The van der Waals surface area contributed by atoms with Crippen LogP contribution in [0.25, 0.3) is 0 Å². The van der Waals surface area contributed by atoms with Gasteiger partial charge in [-0.2, -0.15) is 0 Å². The number of β-amino-alcohol motifs (C(OH)–C–C–N with tert-alkyl or cyclic N) is 1. The Hall–Kier alpha value is -1.54. The summed E-state index contributed by atoms with van der Waals surface area (Å²) in [7, 11) is 0. The van der Waals surface area contributed by atoms with E-state index in [1.807, 2.05) is 12.1 Å². The first kappa shape index (κ1) is 15.4. The molecule has 1 amide bonds. The van der Waals surface area contributed by atoms with Crippen LogP contribution in [0.2, 0.25) is 5.02 Å². The average molecular weight is 320 g/mol. The molecule has 0 radical (unpaired) electrons. The number of ether oxygens (including phenoxy) is 1. The first-order valence-corrected chi connectivity index (χ1v) is 7.85. The molecule has 3 rings (SSSR count). The van der Waals surface area contributed by atoms with Crippen LogP contribution in [0.15, 0.2) is 24.3 Å². The van der Waals surface area contributed by atoms with Gasteiger partial charge >= 0.3 is 0 Å². The second-order valence-electron chi connectivity index (χ2n) is 5.80. The number of hydrogen-bond donors (Lipinski definition) is 1. The number of carbonyl (C=O) groups excluding carboxylic acids is 1. The van der Waals surface area contributed by atoms with Crippen molar-refractivity contribution in [3.05, 3.63) is 34.9 Å². The number of likely N-dealkylation sites (tertiary alicyclic amines) is 1. The SMILES string of the molecule is O=C(C1CCCO1)N1CCC(O)(C#Cc2cccc(Cl)c2)C1. The minimum absolute atomic E-state index is 0.0296. The molecule has 0 saturated carbocycles. The number of carbonyl (C=O) groups is 1. The van der Waals surface area contributed by atoms with E-state index in [-0.39, 0.29) is 18.6 Å². The second kappa shape index (κ2) is 6.29. The van der Waals surface area contributed by atoms with E-state index in [0.717, 1.165) is 18.4 Å². The number of amides is 1. The fourth-order valence-electron chi connectivity index (χ4n) is 2.81. The molecule has 0 aliphatic carbocycles. The number of hydrogen-bond acceptors (Lipinski definition) is 3. The monoisotopic (exact) mass is 319 g/mol. The second-order valence-corrected chi connectivity index (χ2v) is 6.24. The normalized spacial score (nSPS) is 27.5. The summed E-state index contributed by atoms with van der Waals surface area (Å²) in [6.07, 6.45) is 1.80. The molecule has 22 heavy (non-hydrogen) atoms. The van der Waals surface area contributed by atoms with Crippen molar-refractivity contribution >= 4 is 17.5 Å². The van der Waals surface area contributed by atoms with Gasteiger partial charge in [0.15, 0.2) is 0 Å². The molecule has 2 saturated heterocycles. The van der Waals surface area contributed by atoms with Crippen molar-refractivity contribution in [2.75, 3.05) is 19.7 Å². The van der Waals surface area contributed by atoms with Crippen LogP contribution < -0.4 is 0 Å². The predicted molar refractivity (Wildman–Crippen MR) is 83.5 cm³/mol. The van der Waals surface area contributed by atoms with E-state index >= 15 is 0 Å². The lowest BCUT2D eigenvalue weighted by Crippen LogP contribution is -2.40. The zero-order valence-electron chi connectivity index (χ0n) is 12.2. The van der Waals surface area contributed by atoms with Crippen LogP contribution in [0.1, 0.15) is 24.8 Å². The standard InChI is InChI=1S/C17H18ClNO3/c18-14-4-1-3-13(11-14)6-7-17(21)8-9-19(12-17)16(20)15-5-2-10-22-15/h1,3-4,11,15,21H,2,5,8-10,12H2. The highest BCUT2D eigenvalue weighted by Crippen LogP contribution is 2.24. The molecule has 1 aromatic carbocycles. The summed E-state index contributed by atoms with van der Waals surface area (Å²) in [5, 5.41) is 11.2. The van der Waals surface area contributed by atoms with Gasteiger partial charge in [0.1, 0.15) is 11.7 Å². The van der Waals surface area contributed by atoms with Crippen molar-refractivity contribution in [1.29, 1.82) is 0 Å². The third kappa shape index (κ3) is 3.44. The van der Waals surface area contributed by atoms with Crippen LogP contribution in [0, 0.1) is 11.8 Å². The Morgan fingerprint density at radius 3 is 3.09 bits per heavy atom. The highest BCUT2D eigenvalue weighted by Gasteiger charge is 2.39. The molecule has 2 aliphatic rings. The maximum absolute atomic E-state index is 12.3. The van der Waals surface area contributed by atoms with Crippen molar-refractivity contribution in [2.45, 2.75) is 31.0 Å². The molecule has 0 bridgehead atoms. The Balaban J connectivity index is 1.67. The number of nitrogens with zero attached hydrogens (tertiary/aromatic N) is 1. The zero-order valence-corrected chi connectivity index (χ0v) is 13.0. The molecule has 2 unspecified atom stereocenters. The lowest BCUT2D eigenvalue weighted by Gasteiger charge is -2.21. The van der Waals surface area contributed by atoms with Crippen molar-refractivity contribution in [3.63, 3.8) is 0 Å². The van der Waals surface area contributed by atoms with E-state index in [1.54, 1.807) is 17.0 Å². The van der Waals surface area contributed by atoms with Gasteiger partial charge in [-0.15, -0.1) is 0 Å². The molecule has 1 N–H and O–H groups in total. The molecule has 2 aliphatic heterocycles. The van der Waals surface area contributed by atoms with Gasteiger partial charge in [0, 0.05) is 30.2 Å². The third-order valence-corrected chi connectivity index (χ3v) is 4.26. The van der Waals surface area contributed by atoms with Gasteiger partial charge in [-0.1, -0.05) is 29.5 Å². The topological polar surface area (TPSA) is 49.8 Å². The number of rotatable bonds is 1. The Bertz CT molecular complexity index is 630. The Labute approximate surface area is 135 Å². The summed E-state index contributed by atoms with van der Waals surface area (Å²) >= 11 is 5.92. The molecule has 5 heteroatoms. The zero-order chi connectivity index (χ0) is 15.6. The van der Waals surface area contributed by atoms with Crippen molar-refractivity contribution in [3.8, 4) is 11.8 Å². The van der Waals surface area contributed by atoms with Crippen LogP contribution in [-0.4, -0.2) is 47.3 Å². The van der Waals surface area contributed by atoms with E-state index in [1.165, 1.54) is 0 Å². The van der Waals surface area contributed by atoms with Gasteiger partial charge in [0.2, 0.25) is 0 Å². The summed E-state index contributed by atoms with van der Waals surface area (Å²) in [6, 6.07) is 7.19. The molecule has 2 atom stereocenters. The van der Waals surface area contributed by atoms with E-state index in [0.29, 0.717) is 24.6 Å². The Morgan fingerprint density at radius 2 is 2.36 bits per heavy atom. The fourth-order valence-corrected chi connectivity index (χ4v) is 3.00. The molecule has 2 fully saturated rings. The van der Waals surface area contributed by atoms with Crippen LogP contribution in [-0.2, 0) is 9.53 Å². The largest absolute Gasteiger partial charge is 0.376 e. The maximum atomic E-state index is 12.3. The summed E-state index contributed by atoms with van der Waals surface area (Å²) < 4.78 is 5.41. The van der Waals surface area contributed by atoms with Gasteiger partial charge in [-0.3, -0.25) is 4.79 Å². The number of halogens is 1. The van der Waals surface area contributed by atoms with Crippen molar-refractivity contribution < 1.29 is 14.6 Å². The lowest BCUT2D eigenvalue weighted by atomic mass is 10.0. The highest BCUT2D eigenvalue weighted by molar-refractivity contribution is 6.30. The first-order chi connectivity index (χ1) is 10.6. The first-order valence-electron chi connectivity index (χ1n) is 7.47. The molecular formula is C17H18ClNO3. The Morgan fingerprint density at radius 1 is 1.50 bits per heavy atom. The highest BCUT2D eigenvalue weighted by atomic mass is 35.5. The molecule has 2 heterocycles. The van der Waals surface area contributed by atoms with Gasteiger partial charge in [-0.25, -0.2) is 0 Å². The summed E-state index contributed by atoms with van der Waals surface area (Å²) in [6.45, 7) is 1.39. The number of benzene rings is 1. The van der Waals surface area contributed by atoms with Gasteiger partial charge in [0.05, 0.1) is 6.54 Å². The summed E-state index contributed by atoms with van der Waals surface area (Å²) in [5.74, 6) is 5.80. The van der Waals surface area contributed by atoms with E-state index < -0.39 is 5.60 Å². The molecular weight excluding hydrogens is 302 g/mol. The van der Waals surface area contributed by atoms with Gasteiger partial charge in [0.25, 0.3) is 5.91 Å². The van der Waals surface area contributed by atoms with Crippen LogP contribution in [0.3, 0.4) is 0 Å². The minimum atomic E-state index is -1.16. The molecule has 0 spiro atoms. The van der Waals surface area contributed by atoms with E-state index in [4.69, 9.17) is 16.3 Å². The van der Waals surface area contributed by atoms with Crippen LogP contribution in [0.4, 0.5) is 0 Å². The maximum Gasteiger partial charge on any atom is 0.251 e. The van der Waals surface area contributed by atoms with E-state index in [9.17, 15) is 9.90 Å². The van der Waals surface area contributed by atoms with Crippen molar-refractivity contribution in [2.24, 2.45) is 0 Å². The fraction of sp³-hybridized carbons (Fsp3) is 0.471. The summed E-state index contributed by atoms with van der Waals surface area (Å²) in [5.41, 5.74) is -0.402. The third-order valence-electron chi connectivity index (χ3n) is 4.03. The molecule has 0 aromatic heterocycles. The Kier molecular flexibility index (Phi) is 4.39.